The van der Waals surface area contributed by atoms with E-state index in [0.717, 1.165) is 51.4 Å². The van der Waals surface area contributed by atoms with Crippen molar-refractivity contribution in [2.45, 2.75) is 166 Å². The molecule has 5 amide bonds. The Balaban J connectivity index is 1.39. The molecule has 0 spiro atoms. The number of amides is 5. The summed E-state index contributed by atoms with van der Waals surface area (Å²) in [5.74, 6) is 0.207. The van der Waals surface area contributed by atoms with Crippen LogP contribution in [0.1, 0.15) is 138 Å². The van der Waals surface area contributed by atoms with Crippen LogP contribution in [-0.4, -0.2) is 90.1 Å². The van der Waals surface area contributed by atoms with Gasteiger partial charge < -0.3 is 26.2 Å². The molecular formula is C41H65N5O7S. The average molecular weight is 772 g/mol. The number of carbonyl (C=O) groups excluding carboxylic acids is 5. The van der Waals surface area contributed by atoms with Gasteiger partial charge in [0.25, 0.3) is 5.91 Å². The molecule has 0 aromatic rings. The summed E-state index contributed by atoms with van der Waals surface area (Å²) in [4.78, 5) is 71.2. The second-order valence-electron chi connectivity index (χ2n) is 18.7. The van der Waals surface area contributed by atoms with Crippen LogP contribution in [0.5, 0.6) is 0 Å². The third-order valence-corrected chi connectivity index (χ3v) is 16.9. The van der Waals surface area contributed by atoms with Gasteiger partial charge in [0.15, 0.2) is 9.84 Å². The number of ketones is 1. The van der Waals surface area contributed by atoms with Crippen molar-refractivity contribution < 1.29 is 32.4 Å². The third kappa shape index (κ3) is 8.94. The molecule has 54 heavy (non-hydrogen) atoms. The van der Waals surface area contributed by atoms with Crippen molar-refractivity contribution in [2.24, 2.45) is 28.6 Å². The van der Waals surface area contributed by atoms with Gasteiger partial charge in [0.1, 0.15) is 12.1 Å². The van der Waals surface area contributed by atoms with Gasteiger partial charge in [0.2, 0.25) is 17.6 Å². The first-order valence-corrected chi connectivity index (χ1v) is 22.1. The Morgan fingerprint density at radius 2 is 1.54 bits per heavy atom. The molecule has 0 aromatic heterocycles. The zero-order valence-corrected chi connectivity index (χ0v) is 34.3. The molecule has 4 saturated carbocycles. The predicted molar refractivity (Wildman–Crippen MR) is 208 cm³/mol. The molecule has 4 aliphatic carbocycles. The number of nitrogens with one attached hydrogen (secondary N) is 4. The van der Waals surface area contributed by atoms with Crippen LogP contribution < -0.4 is 21.3 Å². The fourth-order valence-electron chi connectivity index (χ4n) is 9.44. The van der Waals surface area contributed by atoms with Crippen LogP contribution in [-0.2, 0) is 29.0 Å². The Kier molecular flexibility index (Phi) is 12.6. The molecule has 5 aliphatic rings. The molecule has 0 bridgehead atoms. The zero-order chi connectivity index (χ0) is 39.7. The maximum absolute atomic E-state index is 15.0. The van der Waals surface area contributed by atoms with E-state index in [1.807, 2.05) is 13.8 Å². The lowest BCUT2D eigenvalue weighted by Crippen LogP contribution is -2.65. The number of hydrogen-bond donors (Lipinski definition) is 4. The van der Waals surface area contributed by atoms with E-state index in [4.69, 9.17) is 6.42 Å². The lowest BCUT2D eigenvalue weighted by molar-refractivity contribution is -0.146. The van der Waals surface area contributed by atoms with Crippen LogP contribution in [0.3, 0.4) is 0 Å². The Morgan fingerprint density at radius 1 is 0.926 bits per heavy atom. The molecule has 12 nitrogen and oxygen atoms in total. The van der Waals surface area contributed by atoms with Gasteiger partial charge in [-0.05, 0) is 93.8 Å². The molecule has 4 N–H and O–H groups in total. The van der Waals surface area contributed by atoms with Crippen LogP contribution in [0.25, 0.3) is 0 Å². The number of terminal acetylenes is 1. The largest absolute Gasteiger partial charge is 0.349 e. The number of sulfone groups is 1. The number of fused-ring (bicyclic) bond motifs is 1. The first kappa shape index (κ1) is 42.0. The van der Waals surface area contributed by atoms with Gasteiger partial charge in [0.05, 0.1) is 22.1 Å². The first-order chi connectivity index (χ1) is 25.3. The minimum Gasteiger partial charge on any atom is -0.349 e. The quantitative estimate of drug-likeness (QED) is 0.133. The second-order valence-corrected chi connectivity index (χ2v) is 21.3. The highest BCUT2D eigenvalue weighted by atomic mass is 32.2. The van der Waals surface area contributed by atoms with Crippen LogP contribution in [0.15, 0.2) is 0 Å². The van der Waals surface area contributed by atoms with Gasteiger partial charge >= 0.3 is 6.03 Å². The maximum Gasteiger partial charge on any atom is 0.315 e. The van der Waals surface area contributed by atoms with E-state index < -0.39 is 67.3 Å². The summed E-state index contributed by atoms with van der Waals surface area (Å²) in [6.07, 6.45) is 16.0. The molecule has 1 saturated heterocycles. The SMILES string of the molecule is C#CCCC(NC(=O)[C@@H]1C2C(CN1C(=O)[C@@H](NC(=O)NC1(CS(=O)(=O)C(C)(C)CC)CCCCC1)C1(C)CCCCC1)C2(C)C)C(=O)C(=O)NCC1CC1. The van der Waals surface area contributed by atoms with Crippen molar-refractivity contribution in [3.8, 4) is 12.3 Å². The molecule has 5 rings (SSSR count). The van der Waals surface area contributed by atoms with Gasteiger partial charge in [-0.1, -0.05) is 66.2 Å². The normalized spacial score (nSPS) is 26.6. The van der Waals surface area contributed by atoms with Crippen molar-refractivity contribution in [1.29, 1.82) is 0 Å². The van der Waals surface area contributed by atoms with Crippen LogP contribution in [0.4, 0.5) is 4.79 Å². The number of Topliss-reactive ketones (excluding diaryl/α,β-unsaturated/α-hetero) is 1. The average Bonchev–Trinajstić information content (AvgIpc) is 3.99. The van der Waals surface area contributed by atoms with Crippen molar-refractivity contribution in [1.82, 2.24) is 26.2 Å². The van der Waals surface area contributed by atoms with Crippen molar-refractivity contribution in [3.63, 3.8) is 0 Å². The fraction of sp³-hybridized carbons (Fsp3) is 0.829. The Hall–Kier alpha value is -3.14. The number of carbonyl (C=O) groups is 5. The summed E-state index contributed by atoms with van der Waals surface area (Å²) in [6.45, 7) is 12.2. The molecule has 302 valence electrons. The monoisotopic (exact) mass is 771 g/mol. The Labute approximate surface area is 323 Å². The number of likely N-dealkylation sites (tertiary alicyclic amines) is 1. The van der Waals surface area contributed by atoms with E-state index in [2.05, 4.69) is 41.0 Å². The van der Waals surface area contributed by atoms with E-state index in [0.29, 0.717) is 51.1 Å². The first-order valence-electron chi connectivity index (χ1n) is 20.5. The molecule has 1 heterocycles. The van der Waals surface area contributed by atoms with Gasteiger partial charge in [-0.25, -0.2) is 13.2 Å². The molecule has 13 heteroatoms. The number of urea groups is 1. The molecular weight excluding hydrogens is 707 g/mol. The summed E-state index contributed by atoms with van der Waals surface area (Å²) in [6, 6.07) is -3.58. The highest BCUT2D eigenvalue weighted by Crippen LogP contribution is 2.65. The van der Waals surface area contributed by atoms with Gasteiger partial charge in [0, 0.05) is 19.5 Å². The van der Waals surface area contributed by atoms with Gasteiger partial charge in [-0.15, -0.1) is 12.3 Å². The third-order valence-electron chi connectivity index (χ3n) is 14.0. The predicted octanol–water partition coefficient (Wildman–Crippen LogP) is 4.41. The summed E-state index contributed by atoms with van der Waals surface area (Å²) in [7, 11) is -3.59. The van der Waals surface area contributed by atoms with E-state index in [1.165, 1.54) is 0 Å². The van der Waals surface area contributed by atoms with Crippen LogP contribution in [0.2, 0.25) is 0 Å². The van der Waals surface area contributed by atoms with E-state index >= 15 is 0 Å². The van der Waals surface area contributed by atoms with Crippen LogP contribution >= 0.6 is 0 Å². The fourth-order valence-corrected chi connectivity index (χ4v) is 11.4. The summed E-state index contributed by atoms with van der Waals surface area (Å²) in [5.41, 5.74) is -1.78. The molecule has 3 unspecified atom stereocenters. The molecule has 0 aromatic carbocycles. The molecule has 0 radical (unpaired) electrons. The Morgan fingerprint density at radius 3 is 2.11 bits per heavy atom. The standard InChI is InChI=1S/C41H65N5O7S/c1-8-10-17-29(32(47)35(49)42-24-27-18-19-27)43-34(48)31-30-28(39(30,5)6)25-46(31)36(50)33(40(7)20-13-11-14-21-40)44-37(51)45-41(22-15-12-16-23-41)26-54(52,53)38(3,4)9-2/h1,27-31,33H,9-26H2,2-7H3,(H,42,49)(H,43,48)(H2,44,45,51)/t28?,29?,30?,31-,33+/m0/s1. The molecule has 5 atom stereocenters. The lowest BCUT2D eigenvalue weighted by atomic mass is 9.70. The van der Waals surface area contributed by atoms with E-state index in [1.54, 1.807) is 18.7 Å². The lowest BCUT2D eigenvalue weighted by Gasteiger charge is -2.44. The molecule has 5 fully saturated rings. The zero-order valence-electron chi connectivity index (χ0n) is 33.5. The van der Waals surface area contributed by atoms with Crippen molar-refractivity contribution in [3.05, 3.63) is 0 Å². The minimum atomic E-state index is -3.59. The van der Waals surface area contributed by atoms with Gasteiger partial charge in [-0.3, -0.25) is 19.2 Å². The summed E-state index contributed by atoms with van der Waals surface area (Å²) < 4.78 is 26.4. The van der Waals surface area contributed by atoms with E-state index in [9.17, 15) is 32.4 Å². The van der Waals surface area contributed by atoms with Crippen molar-refractivity contribution >= 4 is 39.4 Å². The Bertz CT molecular complexity index is 1600. The second kappa shape index (κ2) is 16.1. The topological polar surface area (TPSA) is 171 Å². The van der Waals surface area contributed by atoms with Crippen molar-refractivity contribution in [2.75, 3.05) is 18.8 Å². The number of nitrogens with zero attached hydrogens (tertiary/aromatic N) is 1. The highest BCUT2D eigenvalue weighted by Gasteiger charge is 2.70. The minimum absolute atomic E-state index is 0.0465. The number of rotatable bonds is 16. The van der Waals surface area contributed by atoms with Gasteiger partial charge in [-0.2, -0.15) is 0 Å². The molecule has 1 aliphatic heterocycles. The summed E-state index contributed by atoms with van der Waals surface area (Å²) >= 11 is 0. The maximum atomic E-state index is 15.0. The highest BCUT2D eigenvalue weighted by molar-refractivity contribution is 7.92. The summed E-state index contributed by atoms with van der Waals surface area (Å²) in [5, 5.41) is 11.7. The number of piperidine rings is 1. The van der Waals surface area contributed by atoms with Crippen LogP contribution in [0, 0.1) is 40.9 Å². The van der Waals surface area contributed by atoms with E-state index in [-0.39, 0.29) is 41.8 Å². The smallest absolute Gasteiger partial charge is 0.315 e. The number of hydrogen-bond acceptors (Lipinski definition) is 7.